The van der Waals surface area contributed by atoms with Gasteiger partial charge < -0.3 is 19.4 Å². The molecule has 138 valence electrons. The van der Waals surface area contributed by atoms with Gasteiger partial charge in [0.1, 0.15) is 18.0 Å². The molecule has 0 spiro atoms. The highest BCUT2D eigenvalue weighted by Gasteiger charge is 2.37. The summed E-state index contributed by atoms with van der Waals surface area (Å²) in [6, 6.07) is 3.44. The summed E-state index contributed by atoms with van der Waals surface area (Å²) >= 11 is 0. The minimum Gasteiger partial charge on any atom is -0.377 e. The van der Waals surface area contributed by atoms with Crippen LogP contribution in [0.4, 0.5) is 11.6 Å². The lowest BCUT2D eigenvalue weighted by Crippen LogP contribution is -2.47. The van der Waals surface area contributed by atoms with Crippen LogP contribution in [0.2, 0.25) is 0 Å². The number of ether oxygens (including phenoxy) is 1. The molecule has 0 aromatic carbocycles. The molecule has 6 nitrogen and oxygen atoms in total. The fraction of sp³-hybridized carbons (Fsp3) is 0.789. The molecule has 25 heavy (non-hydrogen) atoms. The Hall–Kier alpha value is -1.40. The van der Waals surface area contributed by atoms with Gasteiger partial charge in [0.15, 0.2) is 0 Å². The lowest BCUT2D eigenvalue weighted by molar-refractivity contribution is 0.0641. The van der Waals surface area contributed by atoms with Gasteiger partial charge >= 0.3 is 0 Å². The lowest BCUT2D eigenvalue weighted by atomic mass is 10.0. The third-order valence-corrected chi connectivity index (χ3v) is 5.74. The van der Waals surface area contributed by atoms with E-state index < -0.39 is 0 Å². The Morgan fingerprint density at radius 2 is 1.76 bits per heavy atom. The molecule has 0 bridgehead atoms. The molecule has 1 aromatic rings. The average molecular weight is 345 g/mol. The first-order valence-electron chi connectivity index (χ1n) is 9.82. The van der Waals surface area contributed by atoms with Gasteiger partial charge in [-0.3, -0.25) is 0 Å². The van der Waals surface area contributed by atoms with E-state index in [0.29, 0.717) is 18.2 Å². The molecule has 1 atom stereocenters. The van der Waals surface area contributed by atoms with Gasteiger partial charge in [-0.05, 0) is 38.5 Å². The van der Waals surface area contributed by atoms with Crippen LogP contribution in [0, 0.1) is 0 Å². The molecule has 3 heterocycles. The Morgan fingerprint density at radius 3 is 2.40 bits per heavy atom. The first-order chi connectivity index (χ1) is 12.2. The van der Waals surface area contributed by atoms with Crippen LogP contribution >= 0.6 is 0 Å². The largest absolute Gasteiger partial charge is 0.377 e. The van der Waals surface area contributed by atoms with Crippen LogP contribution in [0.3, 0.4) is 0 Å². The number of likely N-dealkylation sites (tertiary alicyclic amines) is 1. The van der Waals surface area contributed by atoms with Gasteiger partial charge in [0.25, 0.3) is 0 Å². The molecule has 3 fully saturated rings. The van der Waals surface area contributed by atoms with Crippen LogP contribution < -0.4 is 9.80 Å². The van der Waals surface area contributed by atoms with Gasteiger partial charge in [-0.25, -0.2) is 9.97 Å². The maximum atomic E-state index is 5.81. The Bertz CT molecular complexity index is 563. The Labute approximate surface area is 151 Å². The van der Waals surface area contributed by atoms with Gasteiger partial charge in [-0.15, -0.1) is 0 Å². The molecule has 1 saturated carbocycles. The molecule has 1 aromatic heterocycles. The molecule has 0 N–H and O–H groups in total. The summed E-state index contributed by atoms with van der Waals surface area (Å²) in [4.78, 5) is 16.2. The van der Waals surface area contributed by atoms with Crippen LogP contribution in [0.1, 0.15) is 38.5 Å². The SMILES string of the molecule is CN(C)c1cc(N(C2CC2)C2CCN(CC3CCCO3)CC2)ncn1. The standard InChI is InChI=1S/C19H31N5O/c1-22(2)18-12-19(21-14-20-18)24(15-5-6-15)16-7-9-23(10-8-16)13-17-4-3-11-25-17/h12,14-17H,3-11,13H2,1-2H3. The molecule has 3 aliphatic rings. The van der Waals surface area contributed by atoms with E-state index in [-0.39, 0.29) is 0 Å². The van der Waals surface area contributed by atoms with E-state index >= 15 is 0 Å². The summed E-state index contributed by atoms with van der Waals surface area (Å²) in [6.07, 6.45) is 9.72. The Balaban J connectivity index is 1.39. The number of rotatable bonds is 6. The predicted molar refractivity (Wildman–Crippen MR) is 100 cm³/mol. The van der Waals surface area contributed by atoms with Crippen LogP contribution in [0.15, 0.2) is 12.4 Å². The fourth-order valence-corrected chi connectivity index (χ4v) is 4.20. The molecule has 2 aliphatic heterocycles. The number of piperidine rings is 1. The second-order valence-electron chi connectivity index (χ2n) is 7.93. The minimum absolute atomic E-state index is 0.473. The van der Waals surface area contributed by atoms with Crippen LogP contribution in [-0.4, -0.2) is 73.4 Å². The van der Waals surface area contributed by atoms with Crippen LogP contribution in [0.25, 0.3) is 0 Å². The van der Waals surface area contributed by atoms with Crippen molar-refractivity contribution in [3.05, 3.63) is 12.4 Å². The number of anilines is 2. The molecule has 2 saturated heterocycles. The molecule has 0 amide bonds. The van der Waals surface area contributed by atoms with Crippen molar-refractivity contribution in [1.82, 2.24) is 14.9 Å². The number of nitrogens with zero attached hydrogens (tertiary/aromatic N) is 5. The molecule has 4 rings (SSSR count). The van der Waals surface area contributed by atoms with Gasteiger partial charge in [0.2, 0.25) is 0 Å². The minimum atomic E-state index is 0.473. The highest BCUT2D eigenvalue weighted by Crippen LogP contribution is 2.36. The zero-order valence-electron chi connectivity index (χ0n) is 15.6. The van der Waals surface area contributed by atoms with Gasteiger partial charge in [-0.2, -0.15) is 0 Å². The summed E-state index contributed by atoms with van der Waals surface area (Å²) in [6.45, 7) is 4.44. The molecule has 0 radical (unpaired) electrons. The molecular weight excluding hydrogens is 314 g/mol. The second kappa shape index (κ2) is 7.46. The Kier molecular flexibility index (Phi) is 5.08. The van der Waals surface area contributed by atoms with E-state index in [4.69, 9.17) is 4.74 Å². The first kappa shape index (κ1) is 17.0. The van der Waals surface area contributed by atoms with E-state index in [1.54, 1.807) is 6.33 Å². The van der Waals surface area contributed by atoms with E-state index in [2.05, 4.69) is 30.7 Å². The summed E-state index contributed by atoms with van der Waals surface area (Å²) in [7, 11) is 4.08. The third-order valence-electron chi connectivity index (χ3n) is 5.74. The number of hydrogen-bond acceptors (Lipinski definition) is 6. The monoisotopic (exact) mass is 345 g/mol. The Morgan fingerprint density at radius 1 is 1.04 bits per heavy atom. The number of hydrogen-bond donors (Lipinski definition) is 0. The molecule has 1 aliphatic carbocycles. The molecular formula is C19H31N5O. The van der Waals surface area contributed by atoms with Crippen molar-refractivity contribution in [3.8, 4) is 0 Å². The van der Waals surface area contributed by atoms with Crippen molar-refractivity contribution >= 4 is 11.6 Å². The summed E-state index contributed by atoms with van der Waals surface area (Å²) in [5.74, 6) is 2.10. The van der Waals surface area contributed by atoms with E-state index in [0.717, 1.165) is 24.8 Å². The molecule has 6 heteroatoms. The summed E-state index contributed by atoms with van der Waals surface area (Å²) < 4.78 is 5.81. The number of aromatic nitrogens is 2. The third kappa shape index (κ3) is 4.06. The summed E-state index contributed by atoms with van der Waals surface area (Å²) in [5, 5.41) is 0. The highest BCUT2D eigenvalue weighted by molar-refractivity contribution is 5.51. The van der Waals surface area contributed by atoms with E-state index in [1.165, 1.54) is 51.6 Å². The zero-order chi connectivity index (χ0) is 17.2. The maximum Gasteiger partial charge on any atom is 0.134 e. The zero-order valence-corrected chi connectivity index (χ0v) is 15.6. The quantitative estimate of drug-likeness (QED) is 0.787. The van der Waals surface area contributed by atoms with Crippen molar-refractivity contribution < 1.29 is 4.74 Å². The van der Waals surface area contributed by atoms with Gasteiger partial charge in [0, 0.05) is 58.5 Å². The van der Waals surface area contributed by atoms with Crippen LogP contribution in [-0.2, 0) is 4.74 Å². The van der Waals surface area contributed by atoms with Crippen molar-refractivity contribution in [2.24, 2.45) is 0 Å². The molecule has 1 unspecified atom stereocenters. The van der Waals surface area contributed by atoms with Crippen molar-refractivity contribution in [1.29, 1.82) is 0 Å². The van der Waals surface area contributed by atoms with Crippen molar-refractivity contribution in [3.63, 3.8) is 0 Å². The highest BCUT2D eigenvalue weighted by atomic mass is 16.5. The predicted octanol–water partition coefficient (Wildman–Crippen LogP) is 2.15. The smallest absolute Gasteiger partial charge is 0.134 e. The summed E-state index contributed by atoms with van der Waals surface area (Å²) in [5.41, 5.74) is 0. The second-order valence-corrected chi connectivity index (χ2v) is 7.93. The van der Waals surface area contributed by atoms with Crippen molar-refractivity contribution in [2.45, 2.75) is 56.7 Å². The topological polar surface area (TPSA) is 44.7 Å². The fourth-order valence-electron chi connectivity index (χ4n) is 4.20. The maximum absolute atomic E-state index is 5.81. The normalized spacial score (nSPS) is 25.3. The average Bonchev–Trinajstić information content (AvgIpc) is 3.32. The first-order valence-corrected chi connectivity index (χ1v) is 9.82. The van der Waals surface area contributed by atoms with Crippen LogP contribution in [0.5, 0.6) is 0 Å². The van der Waals surface area contributed by atoms with Gasteiger partial charge in [-0.1, -0.05) is 0 Å². The van der Waals surface area contributed by atoms with E-state index in [9.17, 15) is 0 Å². The lowest BCUT2D eigenvalue weighted by Gasteiger charge is -2.40. The van der Waals surface area contributed by atoms with E-state index in [1.807, 2.05) is 14.1 Å². The van der Waals surface area contributed by atoms with Gasteiger partial charge in [0.05, 0.1) is 6.10 Å². The van der Waals surface area contributed by atoms with Crippen molar-refractivity contribution in [2.75, 3.05) is 50.1 Å².